The van der Waals surface area contributed by atoms with E-state index in [2.05, 4.69) is 6.58 Å². The van der Waals surface area contributed by atoms with Gasteiger partial charge in [0.1, 0.15) is 11.7 Å². The van der Waals surface area contributed by atoms with E-state index >= 15 is 0 Å². The van der Waals surface area contributed by atoms with Gasteiger partial charge >= 0.3 is 5.97 Å². The topological polar surface area (TPSA) is 52.6 Å². The molecule has 0 amide bonds. The van der Waals surface area contributed by atoms with Gasteiger partial charge in [-0.1, -0.05) is 42.5 Å². The van der Waals surface area contributed by atoms with Gasteiger partial charge in [0.15, 0.2) is 0 Å². The predicted octanol–water partition coefficient (Wildman–Crippen LogP) is 3.31. The third-order valence-electron chi connectivity index (χ3n) is 4.33. The van der Waals surface area contributed by atoms with Gasteiger partial charge in [0.05, 0.1) is 13.7 Å². The number of ketones is 1. The summed E-state index contributed by atoms with van der Waals surface area (Å²) in [7, 11) is 1.32. The van der Waals surface area contributed by atoms with E-state index in [0.717, 1.165) is 24.0 Å². The van der Waals surface area contributed by atoms with Crippen LogP contribution in [0.2, 0.25) is 0 Å². The van der Waals surface area contributed by atoms with E-state index in [4.69, 9.17) is 9.47 Å². The Bertz CT molecular complexity index is 550. The van der Waals surface area contributed by atoms with Crippen LogP contribution in [0, 0.1) is 11.8 Å². The summed E-state index contributed by atoms with van der Waals surface area (Å²) in [5.41, 5.74) is 2.10. The van der Waals surface area contributed by atoms with Gasteiger partial charge in [-0.25, -0.2) is 0 Å². The quantitative estimate of drug-likeness (QED) is 0.319. The molecule has 124 valence electrons. The van der Waals surface area contributed by atoms with E-state index in [9.17, 15) is 9.59 Å². The first-order valence-corrected chi connectivity index (χ1v) is 8.03. The molecule has 0 saturated heterocycles. The molecule has 0 radical (unpaired) electrons. The molecule has 0 heterocycles. The molecule has 0 aliphatic heterocycles. The molecule has 0 aromatic heterocycles. The van der Waals surface area contributed by atoms with Crippen molar-refractivity contribution in [2.45, 2.75) is 32.3 Å². The molecule has 1 aliphatic rings. The summed E-state index contributed by atoms with van der Waals surface area (Å²) in [6.07, 6.45) is 2.74. The average molecular weight is 316 g/mol. The first-order valence-electron chi connectivity index (χ1n) is 8.03. The molecule has 0 unspecified atom stereocenters. The van der Waals surface area contributed by atoms with Crippen molar-refractivity contribution < 1.29 is 19.1 Å². The highest BCUT2D eigenvalue weighted by atomic mass is 16.5. The number of hydrogen-bond donors (Lipinski definition) is 0. The summed E-state index contributed by atoms with van der Waals surface area (Å²) >= 11 is 0. The normalized spacial score (nSPS) is 20.5. The van der Waals surface area contributed by atoms with E-state index in [0.29, 0.717) is 26.1 Å². The van der Waals surface area contributed by atoms with Crippen molar-refractivity contribution in [3.05, 3.63) is 48.0 Å². The minimum Gasteiger partial charge on any atom is -0.468 e. The SMILES string of the molecule is C=C(CCCOCc1ccccc1)[C@@H]1CCC(=O)[C@H]1C(=O)OC. The fraction of sp³-hybridized carbons (Fsp3) is 0.474. The van der Waals surface area contributed by atoms with Crippen LogP contribution < -0.4 is 0 Å². The molecule has 1 aromatic carbocycles. The fourth-order valence-electron chi connectivity index (χ4n) is 3.06. The lowest BCUT2D eigenvalue weighted by atomic mass is 9.87. The minimum absolute atomic E-state index is 0.0247. The maximum Gasteiger partial charge on any atom is 0.316 e. The van der Waals surface area contributed by atoms with E-state index in [1.165, 1.54) is 7.11 Å². The van der Waals surface area contributed by atoms with Crippen LogP contribution in [0.25, 0.3) is 0 Å². The Morgan fingerprint density at radius 2 is 2.04 bits per heavy atom. The highest BCUT2D eigenvalue weighted by Gasteiger charge is 2.41. The molecule has 1 aromatic rings. The first kappa shape index (κ1) is 17.4. The lowest BCUT2D eigenvalue weighted by molar-refractivity contribution is -0.149. The second kappa shape index (κ2) is 8.63. The Morgan fingerprint density at radius 3 is 2.74 bits per heavy atom. The molecule has 0 bridgehead atoms. The van der Waals surface area contributed by atoms with Crippen molar-refractivity contribution in [2.24, 2.45) is 11.8 Å². The number of rotatable bonds is 8. The molecule has 4 nitrogen and oxygen atoms in total. The van der Waals surface area contributed by atoms with Crippen LogP contribution in [-0.4, -0.2) is 25.5 Å². The third kappa shape index (κ3) is 4.76. The van der Waals surface area contributed by atoms with E-state index in [-0.39, 0.29) is 11.7 Å². The standard InChI is InChI=1S/C19H24O4/c1-14(16-10-11-17(20)18(16)19(21)22-2)7-6-12-23-13-15-8-4-3-5-9-15/h3-5,8-9,16,18H,1,6-7,10-13H2,2H3/t16-,18-/m0/s1. The Morgan fingerprint density at radius 1 is 1.30 bits per heavy atom. The molecule has 1 saturated carbocycles. The summed E-state index contributed by atoms with van der Waals surface area (Å²) < 4.78 is 10.4. The summed E-state index contributed by atoms with van der Waals surface area (Å²) in [4.78, 5) is 23.6. The van der Waals surface area contributed by atoms with E-state index < -0.39 is 11.9 Å². The summed E-state index contributed by atoms with van der Waals surface area (Å²) in [6.45, 7) is 5.31. The van der Waals surface area contributed by atoms with Crippen molar-refractivity contribution in [2.75, 3.05) is 13.7 Å². The monoisotopic (exact) mass is 316 g/mol. The van der Waals surface area contributed by atoms with Gasteiger partial charge in [0.2, 0.25) is 0 Å². The number of esters is 1. The molecule has 1 fully saturated rings. The van der Waals surface area contributed by atoms with Gasteiger partial charge in [-0.05, 0) is 24.8 Å². The molecule has 0 N–H and O–H groups in total. The lowest BCUT2D eigenvalue weighted by Gasteiger charge is -2.19. The Hall–Kier alpha value is -1.94. The van der Waals surface area contributed by atoms with Gasteiger partial charge in [-0.3, -0.25) is 9.59 Å². The van der Waals surface area contributed by atoms with Crippen LogP contribution in [0.5, 0.6) is 0 Å². The summed E-state index contributed by atoms with van der Waals surface area (Å²) in [5, 5.41) is 0. The number of Topliss-reactive ketones (excluding diaryl/α,β-unsaturated/α-hetero) is 1. The van der Waals surface area contributed by atoms with Gasteiger partial charge < -0.3 is 9.47 Å². The Balaban J connectivity index is 1.72. The number of carbonyl (C=O) groups excluding carboxylic acids is 2. The Kier molecular flexibility index (Phi) is 6.53. The number of hydrogen-bond acceptors (Lipinski definition) is 4. The molecule has 0 spiro atoms. The van der Waals surface area contributed by atoms with Crippen molar-refractivity contribution in [3.63, 3.8) is 0 Å². The van der Waals surface area contributed by atoms with E-state index in [1.807, 2.05) is 30.3 Å². The lowest BCUT2D eigenvalue weighted by Crippen LogP contribution is -2.27. The molecular weight excluding hydrogens is 292 g/mol. The molecule has 4 heteroatoms. The minimum atomic E-state index is -0.655. The van der Waals surface area contributed by atoms with Crippen LogP contribution >= 0.6 is 0 Å². The molecule has 23 heavy (non-hydrogen) atoms. The second-order valence-corrected chi connectivity index (χ2v) is 5.91. The zero-order valence-electron chi connectivity index (χ0n) is 13.6. The number of allylic oxidation sites excluding steroid dienone is 1. The number of benzene rings is 1. The van der Waals surface area contributed by atoms with Crippen LogP contribution in [0.4, 0.5) is 0 Å². The molecule has 1 aliphatic carbocycles. The van der Waals surface area contributed by atoms with Gasteiger partial charge in [-0.15, -0.1) is 0 Å². The van der Waals surface area contributed by atoms with Crippen LogP contribution in [0.15, 0.2) is 42.5 Å². The van der Waals surface area contributed by atoms with E-state index in [1.54, 1.807) is 0 Å². The van der Waals surface area contributed by atoms with Crippen molar-refractivity contribution in [1.82, 2.24) is 0 Å². The average Bonchev–Trinajstić information content (AvgIpc) is 2.96. The summed E-state index contributed by atoms with van der Waals surface area (Å²) in [5.74, 6) is -1.19. The first-order chi connectivity index (χ1) is 11.1. The molecule has 2 rings (SSSR count). The maximum absolute atomic E-state index is 11.9. The highest BCUT2D eigenvalue weighted by molar-refractivity contribution is 6.01. The van der Waals surface area contributed by atoms with Crippen molar-refractivity contribution in [1.29, 1.82) is 0 Å². The fourth-order valence-corrected chi connectivity index (χ4v) is 3.06. The van der Waals surface area contributed by atoms with Crippen molar-refractivity contribution in [3.8, 4) is 0 Å². The number of methoxy groups -OCH3 is 1. The summed E-state index contributed by atoms with van der Waals surface area (Å²) in [6, 6.07) is 10.0. The zero-order chi connectivity index (χ0) is 16.7. The molecular formula is C19H24O4. The second-order valence-electron chi connectivity index (χ2n) is 5.91. The highest BCUT2D eigenvalue weighted by Crippen LogP contribution is 2.36. The number of ether oxygens (including phenoxy) is 2. The van der Waals surface area contributed by atoms with Crippen LogP contribution in [0.3, 0.4) is 0 Å². The van der Waals surface area contributed by atoms with Crippen molar-refractivity contribution >= 4 is 11.8 Å². The number of carbonyl (C=O) groups is 2. The van der Waals surface area contributed by atoms with Crippen LogP contribution in [-0.2, 0) is 25.7 Å². The van der Waals surface area contributed by atoms with Gasteiger partial charge in [0.25, 0.3) is 0 Å². The smallest absolute Gasteiger partial charge is 0.316 e. The van der Waals surface area contributed by atoms with Crippen LogP contribution in [0.1, 0.15) is 31.2 Å². The largest absolute Gasteiger partial charge is 0.468 e. The predicted molar refractivity (Wildman–Crippen MR) is 87.7 cm³/mol. The Labute approximate surface area is 137 Å². The third-order valence-corrected chi connectivity index (χ3v) is 4.33. The zero-order valence-corrected chi connectivity index (χ0v) is 13.6. The molecule has 2 atom stereocenters. The van der Waals surface area contributed by atoms with Gasteiger partial charge in [0, 0.05) is 18.9 Å². The van der Waals surface area contributed by atoms with Gasteiger partial charge in [-0.2, -0.15) is 0 Å². The maximum atomic E-state index is 11.9.